The minimum absolute atomic E-state index is 0.00503. The Morgan fingerprint density at radius 3 is 1.82 bits per heavy atom. The van der Waals surface area contributed by atoms with Gasteiger partial charge in [-0.15, -0.1) is 0 Å². The van der Waals surface area contributed by atoms with Gasteiger partial charge in [0.05, 0.1) is 12.5 Å². The van der Waals surface area contributed by atoms with E-state index in [1.54, 1.807) is 20.1 Å². The van der Waals surface area contributed by atoms with Crippen molar-refractivity contribution in [3.05, 3.63) is 0 Å². The second-order valence-corrected chi connectivity index (χ2v) is 9.20. The van der Waals surface area contributed by atoms with Gasteiger partial charge in [0.25, 0.3) is 0 Å². The molecule has 5 amide bonds. The molecule has 0 aliphatic carbocycles. The molecule has 10 N–H and O–H groups in total. The Kier molecular flexibility index (Phi) is 14.5. The third-order valence-corrected chi connectivity index (χ3v) is 5.29. The lowest BCUT2D eigenvalue weighted by Gasteiger charge is -2.25. The number of hydrogen-bond donors (Lipinski definition) is 7. The normalized spacial score (nSPS) is 14.4. The molecular weight excluding hydrogens is 468 g/mol. The first-order chi connectivity index (χ1) is 15.8. The van der Waals surface area contributed by atoms with Gasteiger partial charge in [-0.05, 0) is 37.2 Å². The largest absolute Gasteiger partial charge is 0.480 e. The number of rotatable bonds is 17. The van der Waals surface area contributed by atoms with Gasteiger partial charge in [0.15, 0.2) is 0 Å². The van der Waals surface area contributed by atoms with Gasteiger partial charge in [0.2, 0.25) is 29.5 Å². The van der Waals surface area contributed by atoms with E-state index in [4.69, 9.17) is 17.2 Å². The number of thioether (sulfide) groups is 1. The maximum atomic E-state index is 12.8. The monoisotopic (exact) mass is 504 g/mol. The number of nitrogens with two attached hydrogens (primary N) is 3. The van der Waals surface area contributed by atoms with E-state index in [2.05, 4.69) is 16.0 Å². The molecule has 0 aromatic rings. The molecule has 0 aliphatic heterocycles. The van der Waals surface area contributed by atoms with Crippen LogP contribution in [0.15, 0.2) is 0 Å². The van der Waals surface area contributed by atoms with Crippen LogP contribution in [0.3, 0.4) is 0 Å². The van der Waals surface area contributed by atoms with Crippen molar-refractivity contribution in [3.8, 4) is 0 Å². The first kappa shape index (κ1) is 31.1. The zero-order valence-electron chi connectivity index (χ0n) is 19.7. The van der Waals surface area contributed by atoms with Crippen LogP contribution in [0, 0.1) is 5.92 Å². The molecule has 0 heterocycles. The molecule has 0 fully saturated rings. The molecule has 4 unspecified atom stereocenters. The first-order valence-electron chi connectivity index (χ1n) is 10.7. The fourth-order valence-corrected chi connectivity index (χ4v) is 3.33. The van der Waals surface area contributed by atoms with Crippen LogP contribution in [0.1, 0.15) is 46.0 Å². The van der Waals surface area contributed by atoms with Gasteiger partial charge in [0, 0.05) is 6.42 Å². The topological polar surface area (TPSA) is 237 Å². The molecule has 13 nitrogen and oxygen atoms in total. The predicted octanol–water partition coefficient (Wildman–Crippen LogP) is -2.21. The summed E-state index contributed by atoms with van der Waals surface area (Å²) in [7, 11) is 0. The summed E-state index contributed by atoms with van der Waals surface area (Å²) in [4.78, 5) is 71.7. The molecule has 0 aromatic heterocycles. The van der Waals surface area contributed by atoms with Crippen LogP contribution in [-0.4, -0.2) is 76.8 Å². The number of amides is 5. The van der Waals surface area contributed by atoms with Gasteiger partial charge in [0.1, 0.15) is 18.1 Å². The Balaban J connectivity index is 5.46. The molecule has 0 aromatic carbocycles. The Labute approximate surface area is 202 Å². The van der Waals surface area contributed by atoms with E-state index in [-0.39, 0.29) is 31.6 Å². The lowest BCUT2D eigenvalue weighted by atomic mass is 10.0. The Morgan fingerprint density at radius 1 is 0.824 bits per heavy atom. The van der Waals surface area contributed by atoms with Crippen molar-refractivity contribution in [2.75, 3.05) is 12.0 Å². The maximum absolute atomic E-state index is 12.8. The van der Waals surface area contributed by atoms with E-state index in [9.17, 15) is 33.9 Å². The lowest BCUT2D eigenvalue weighted by Crippen LogP contribution is -2.58. The second-order valence-electron chi connectivity index (χ2n) is 8.21. The number of carbonyl (C=O) groups excluding carboxylic acids is 5. The smallest absolute Gasteiger partial charge is 0.326 e. The molecule has 0 bridgehead atoms. The average Bonchev–Trinajstić information content (AvgIpc) is 2.72. The Bertz CT molecular complexity index is 749. The van der Waals surface area contributed by atoms with Crippen LogP contribution in [0.5, 0.6) is 0 Å². The van der Waals surface area contributed by atoms with Gasteiger partial charge >= 0.3 is 5.97 Å². The number of carboxylic acids is 1. The number of primary amides is 2. The summed E-state index contributed by atoms with van der Waals surface area (Å²) in [6.45, 7) is 3.61. The summed E-state index contributed by atoms with van der Waals surface area (Å²) in [5.41, 5.74) is 15.9. The summed E-state index contributed by atoms with van der Waals surface area (Å²) in [6, 6.07) is -4.87. The summed E-state index contributed by atoms with van der Waals surface area (Å²) in [6.07, 6.45) is 1.35. The second kappa shape index (κ2) is 15.9. The Morgan fingerprint density at radius 2 is 1.35 bits per heavy atom. The Hall–Kier alpha value is -2.87. The predicted molar refractivity (Wildman–Crippen MR) is 126 cm³/mol. The number of hydrogen-bond acceptors (Lipinski definition) is 8. The lowest BCUT2D eigenvalue weighted by molar-refractivity contribution is -0.143. The van der Waals surface area contributed by atoms with Crippen molar-refractivity contribution in [1.29, 1.82) is 0 Å². The van der Waals surface area contributed by atoms with Gasteiger partial charge < -0.3 is 38.3 Å². The molecule has 4 atom stereocenters. The van der Waals surface area contributed by atoms with E-state index >= 15 is 0 Å². The first-order valence-corrected chi connectivity index (χ1v) is 12.1. The molecule has 0 spiro atoms. The standard InChI is InChI=1S/C20H36N6O7S/c1-10(2)8-14(20(32)33)26-18(30)12(6-7-34-3)24-19(31)13(9-16(23)28)25-17(29)11(21)4-5-15(22)27/h10-14H,4-9,21H2,1-3H3,(H2,22,27)(H2,23,28)(H,24,31)(H,25,29)(H,26,30)(H,32,33). The molecule has 0 radical (unpaired) electrons. The van der Waals surface area contributed by atoms with Crippen LogP contribution < -0.4 is 33.2 Å². The van der Waals surface area contributed by atoms with Crippen molar-refractivity contribution in [2.24, 2.45) is 23.1 Å². The van der Waals surface area contributed by atoms with E-state index in [0.717, 1.165) is 0 Å². The summed E-state index contributed by atoms with van der Waals surface area (Å²) in [5, 5.41) is 16.6. The highest BCUT2D eigenvalue weighted by Crippen LogP contribution is 2.08. The van der Waals surface area contributed by atoms with Gasteiger partial charge in [-0.25, -0.2) is 4.79 Å². The van der Waals surface area contributed by atoms with Crippen LogP contribution in [-0.2, 0) is 28.8 Å². The maximum Gasteiger partial charge on any atom is 0.326 e. The van der Waals surface area contributed by atoms with Crippen LogP contribution in [0.4, 0.5) is 0 Å². The van der Waals surface area contributed by atoms with Gasteiger partial charge in [-0.2, -0.15) is 11.8 Å². The zero-order chi connectivity index (χ0) is 26.4. The molecule has 194 valence electrons. The fraction of sp³-hybridized carbons (Fsp3) is 0.700. The molecule has 14 heteroatoms. The van der Waals surface area contributed by atoms with Crippen molar-refractivity contribution >= 4 is 47.3 Å². The minimum atomic E-state index is -1.43. The van der Waals surface area contributed by atoms with Gasteiger partial charge in [-0.3, -0.25) is 24.0 Å². The van der Waals surface area contributed by atoms with Crippen molar-refractivity contribution in [3.63, 3.8) is 0 Å². The molecule has 0 saturated carbocycles. The number of carbonyl (C=O) groups is 6. The highest BCUT2D eigenvalue weighted by molar-refractivity contribution is 7.98. The van der Waals surface area contributed by atoms with Crippen molar-refractivity contribution < 1.29 is 33.9 Å². The van der Waals surface area contributed by atoms with Crippen molar-refractivity contribution in [2.45, 2.75) is 70.1 Å². The zero-order valence-corrected chi connectivity index (χ0v) is 20.5. The molecule has 0 aliphatic rings. The van der Waals surface area contributed by atoms with Crippen molar-refractivity contribution in [1.82, 2.24) is 16.0 Å². The molecule has 0 saturated heterocycles. The number of nitrogens with one attached hydrogen (secondary N) is 3. The summed E-state index contributed by atoms with van der Waals surface area (Å²) in [5.74, 6) is -4.69. The summed E-state index contributed by atoms with van der Waals surface area (Å²) >= 11 is 1.41. The van der Waals surface area contributed by atoms with Gasteiger partial charge in [-0.1, -0.05) is 13.8 Å². The van der Waals surface area contributed by atoms with E-state index in [0.29, 0.717) is 5.75 Å². The number of aliphatic carboxylic acids is 1. The van der Waals surface area contributed by atoms with Crippen LogP contribution >= 0.6 is 11.8 Å². The number of carboxylic acid groups (broad SMARTS) is 1. The van der Waals surface area contributed by atoms with Crippen LogP contribution in [0.25, 0.3) is 0 Å². The SMILES string of the molecule is CSCCC(NC(=O)C(CC(N)=O)NC(=O)C(N)CCC(N)=O)C(=O)NC(CC(C)C)C(=O)O. The minimum Gasteiger partial charge on any atom is -0.480 e. The van der Waals surface area contributed by atoms with E-state index in [1.165, 1.54) is 11.8 Å². The molecular formula is C20H36N6O7S. The molecule has 34 heavy (non-hydrogen) atoms. The third-order valence-electron chi connectivity index (χ3n) is 4.64. The van der Waals surface area contributed by atoms with E-state index < -0.39 is 66.1 Å². The highest BCUT2D eigenvalue weighted by Gasteiger charge is 2.31. The fourth-order valence-electron chi connectivity index (χ4n) is 2.86. The highest BCUT2D eigenvalue weighted by atomic mass is 32.2. The molecule has 0 rings (SSSR count). The van der Waals surface area contributed by atoms with Crippen LogP contribution in [0.2, 0.25) is 0 Å². The quantitative estimate of drug-likeness (QED) is 0.113. The van der Waals surface area contributed by atoms with E-state index in [1.807, 2.05) is 0 Å². The summed E-state index contributed by atoms with van der Waals surface area (Å²) < 4.78 is 0. The average molecular weight is 505 g/mol. The third kappa shape index (κ3) is 13.0.